The largest absolute Gasteiger partial charge is 0.451 e. The quantitative estimate of drug-likeness (QED) is 0.625. The summed E-state index contributed by atoms with van der Waals surface area (Å²) in [6.07, 6.45) is 0. The average Bonchev–Trinajstić information content (AvgIpc) is 3.14. The number of esters is 1. The molecule has 0 aliphatic heterocycles. The Hall–Kier alpha value is -2.38. The molecule has 0 fully saturated rings. The number of hydrogen-bond acceptors (Lipinski definition) is 5. The molecule has 1 amide bonds. The smallest absolute Gasteiger partial charge is 0.348 e. The fourth-order valence-electron chi connectivity index (χ4n) is 2.61. The number of fused-ring (bicyclic) bond motifs is 1. The summed E-state index contributed by atoms with van der Waals surface area (Å²) in [7, 11) is 3.49. The van der Waals surface area contributed by atoms with E-state index < -0.39 is 5.97 Å². The zero-order valence-electron chi connectivity index (χ0n) is 14.7. The van der Waals surface area contributed by atoms with E-state index in [1.807, 2.05) is 26.1 Å². The second kappa shape index (κ2) is 7.47. The molecule has 0 spiro atoms. The van der Waals surface area contributed by atoms with Crippen LogP contribution in [0.15, 0.2) is 30.3 Å². The third-order valence-electron chi connectivity index (χ3n) is 3.96. The number of likely N-dealkylation sites (N-methyl/N-ethyl adjacent to an activating group) is 1. The summed E-state index contributed by atoms with van der Waals surface area (Å²) < 4.78 is 6.91. The summed E-state index contributed by atoms with van der Waals surface area (Å²) >= 11 is 7.25. The van der Waals surface area contributed by atoms with Gasteiger partial charge in [-0.25, -0.2) is 4.79 Å². The lowest BCUT2D eigenvalue weighted by Crippen LogP contribution is -2.30. The number of halogens is 1. The van der Waals surface area contributed by atoms with Crippen molar-refractivity contribution in [3.05, 3.63) is 51.5 Å². The molecule has 0 radical (unpaired) electrons. The van der Waals surface area contributed by atoms with Crippen LogP contribution in [0.5, 0.6) is 0 Å². The van der Waals surface area contributed by atoms with Gasteiger partial charge in [0.05, 0.1) is 5.69 Å². The van der Waals surface area contributed by atoms with Crippen molar-refractivity contribution in [3.8, 4) is 0 Å². The van der Waals surface area contributed by atoms with Crippen molar-refractivity contribution in [2.24, 2.45) is 7.05 Å². The van der Waals surface area contributed by atoms with E-state index in [9.17, 15) is 9.59 Å². The number of carbonyl (C=O) groups is 2. The summed E-state index contributed by atoms with van der Waals surface area (Å²) in [6, 6.07) is 9.04. The van der Waals surface area contributed by atoms with Gasteiger partial charge in [0.2, 0.25) is 0 Å². The molecule has 136 valence electrons. The second-order valence-electron chi connectivity index (χ2n) is 5.99. The molecule has 3 aromatic rings. The number of rotatable bonds is 5. The van der Waals surface area contributed by atoms with Gasteiger partial charge in [0.1, 0.15) is 9.71 Å². The van der Waals surface area contributed by atoms with Crippen molar-refractivity contribution in [2.45, 2.75) is 13.5 Å². The van der Waals surface area contributed by atoms with Crippen LogP contribution in [0.3, 0.4) is 0 Å². The molecule has 26 heavy (non-hydrogen) atoms. The molecule has 0 saturated heterocycles. The predicted octanol–water partition coefficient (Wildman–Crippen LogP) is 3.41. The first-order chi connectivity index (χ1) is 12.3. The first-order valence-electron chi connectivity index (χ1n) is 7.94. The number of thiophene rings is 1. The maximum absolute atomic E-state index is 12.2. The molecule has 6 nitrogen and oxygen atoms in total. The van der Waals surface area contributed by atoms with E-state index in [0.717, 1.165) is 21.5 Å². The third kappa shape index (κ3) is 3.89. The molecule has 0 N–H and O–H groups in total. The molecule has 8 heteroatoms. The Balaban J connectivity index is 1.59. The predicted molar refractivity (Wildman–Crippen MR) is 102 cm³/mol. The van der Waals surface area contributed by atoms with Gasteiger partial charge in [-0.05, 0) is 30.7 Å². The molecule has 0 aliphatic rings. The van der Waals surface area contributed by atoms with E-state index in [1.165, 1.54) is 16.2 Å². The number of amides is 1. The van der Waals surface area contributed by atoms with Crippen molar-refractivity contribution < 1.29 is 14.3 Å². The van der Waals surface area contributed by atoms with Crippen molar-refractivity contribution >= 4 is 45.0 Å². The summed E-state index contributed by atoms with van der Waals surface area (Å²) in [6.45, 7) is 1.98. The lowest BCUT2D eigenvalue weighted by atomic mass is 10.2. The minimum atomic E-state index is -0.505. The van der Waals surface area contributed by atoms with Crippen LogP contribution in [0.25, 0.3) is 10.2 Å². The number of aryl methyl sites for hydroxylation is 2. The Bertz CT molecular complexity index is 945. The zero-order chi connectivity index (χ0) is 18.8. The molecule has 0 bridgehead atoms. The van der Waals surface area contributed by atoms with Crippen molar-refractivity contribution in [2.75, 3.05) is 13.7 Å². The van der Waals surface area contributed by atoms with Crippen LogP contribution in [0.1, 0.15) is 20.9 Å². The first kappa shape index (κ1) is 18.4. The van der Waals surface area contributed by atoms with E-state index in [2.05, 4.69) is 5.10 Å². The van der Waals surface area contributed by atoms with Gasteiger partial charge in [-0.15, -0.1) is 11.3 Å². The van der Waals surface area contributed by atoms with Crippen LogP contribution in [-0.2, 0) is 23.1 Å². The summed E-state index contributed by atoms with van der Waals surface area (Å²) in [5.74, 6) is -0.785. The summed E-state index contributed by atoms with van der Waals surface area (Å²) in [5.41, 5.74) is 1.77. The maximum Gasteiger partial charge on any atom is 0.348 e. The van der Waals surface area contributed by atoms with Gasteiger partial charge < -0.3 is 9.64 Å². The van der Waals surface area contributed by atoms with Crippen LogP contribution in [0.2, 0.25) is 5.02 Å². The number of benzene rings is 1. The van der Waals surface area contributed by atoms with E-state index in [1.54, 1.807) is 29.9 Å². The van der Waals surface area contributed by atoms with E-state index in [-0.39, 0.29) is 12.5 Å². The number of ether oxygens (including phenoxy) is 1. The van der Waals surface area contributed by atoms with Crippen LogP contribution in [0.4, 0.5) is 0 Å². The minimum absolute atomic E-state index is 0.280. The molecule has 0 saturated carbocycles. The normalized spacial score (nSPS) is 10.9. The molecule has 0 unspecified atom stereocenters. The second-order valence-corrected chi connectivity index (χ2v) is 7.46. The lowest BCUT2D eigenvalue weighted by Gasteiger charge is -2.17. The zero-order valence-corrected chi connectivity index (χ0v) is 16.2. The van der Waals surface area contributed by atoms with Crippen LogP contribution >= 0.6 is 22.9 Å². The average molecular weight is 392 g/mol. The van der Waals surface area contributed by atoms with Gasteiger partial charge in [0.25, 0.3) is 5.91 Å². The van der Waals surface area contributed by atoms with Gasteiger partial charge in [-0.3, -0.25) is 9.48 Å². The van der Waals surface area contributed by atoms with E-state index in [0.29, 0.717) is 16.4 Å². The fourth-order valence-corrected chi connectivity index (χ4v) is 3.84. The minimum Gasteiger partial charge on any atom is -0.451 e. The Kier molecular flexibility index (Phi) is 5.29. The monoisotopic (exact) mass is 391 g/mol. The first-order valence-corrected chi connectivity index (χ1v) is 9.13. The topological polar surface area (TPSA) is 64.4 Å². The summed E-state index contributed by atoms with van der Waals surface area (Å²) in [5, 5.41) is 5.84. The lowest BCUT2D eigenvalue weighted by molar-refractivity contribution is -0.133. The van der Waals surface area contributed by atoms with Gasteiger partial charge in [-0.2, -0.15) is 5.10 Å². The van der Waals surface area contributed by atoms with Crippen molar-refractivity contribution in [3.63, 3.8) is 0 Å². The molecular formula is C18H18ClN3O3S. The number of nitrogens with zero attached hydrogens (tertiary/aromatic N) is 3. The number of carbonyl (C=O) groups excluding carboxylic acids is 2. The van der Waals surface area contributed by atoms with Gasteiger partial charge in [0, 0.05) is 31.0 Å². The highest BCUT2D eigenvalue weighted by Gasteiger charge is 2.18. The Morgan fingerprint density at radius 2 is 2.12 bits per heavy atom. The molecule has 0 atom stereocenters. The standard InChI is InChI=1S/C18H18ClN3O3S/c1-11-14-8-15(26-17(14)22(3)20-11)18(24)25-10-16(23)21(2)9-12-5-4-6-13(19)7-12/h4-8H,9-10H2,1-3H3. The van der Waals surface area contributed by atoms with Crippen LogP contribution in [-0.4, -0.2) is 40.2 Å². The van der Waals surface area contributed by atoms with Crippen LogP contribution < -0.4 is 0 Å². The fraction of sp³-hybridized carbons (Fsp3) is 0.278. The molecular weight excluding hydrogens is 374 g/mol. The molecule has 1 aromatic carbocycles. The summed E-state index contributed by atoms with van der Waals surface area (Å²) in [4.78, 5) is 27.3. The SMILES string of the molecule is Cc1nn(C)c2sc(C(=O)OCC(=O)N(C)Cc3cccc(Cl)c3)cc12. The number of hydrogen-bond donors (Lipinski definition) is 0. The van der Waals surface area contributed by atoms with Crippen LogP contribution in [0, 0.1) is 6.92 Å². The maximum atomic E-state index is 12.2. The highest BCUT2D eigenvalue weighted by molar-refractivity contribution is 7.20. The molecule has 2 heterocycles. The Morgan fingerprint density at radius 3 is 2.81 bits per heavy atom. The van der Waals surface area contributed by atoms with E-state index >= 15 is 0 Å². The third-order valence-corrected chi connectivity index (χ3v) is 5.38. The van der Waals surface area contributed by atoms with Gasteiger partial charge in [-0.1, -0.05) is 23.7 Å². The Labute approximate surface area is 159 Å². The highest BCUT2D eigenvalue weighted by atomic mass is 35.5. The van der Waals surface area contributed by atoms with Gasteiger partial charge in [0.15, 0.2) is 6.61 Å². The van der Waals surface area contributed by atoms with Crippen molar-refractivity contribution in [1.82, 2.24) is 14.7 Å². The molecule has 3 rings (SSSR count). The van der Waals surface area contributed by atoms with Crippen molar-refractivity contribution in [1.29, 1.82) is 0 Å². The highest BCUT2D eigenvalue weighted by Crippen LogP contribution is 2.28. The van der Waals surface area contributed by atoms with E-state index in [4.69, 9.17) is 16.3 Å². The Morgan fingerprint density at radius 1 is 1.35 bits per heavy atom. The number of aromatic nitrogens is 2. The molecule has 0 aliphatic carbocycles. The van der Waals surface area contributed by atoms with Gasteiger partial charge >= 0.3 is 5.97 Å². The molecule has 2 aromatic heterocycles.